The van der Waals surface area contributed by atoms with Crippen LogP contribution in [-0.4, -0.2) is 29.4 Å². The number of fused-ring (bicyclic) bond motifs is 1. The van der Waals surface area contributed by atoms with Gasteiger partial charge in [-0.25, -0.2) is 0 Å². The third kappa shape index (κ3) is 4.45. The summed E-state index contributed by atoms with van der Waals surface area (Å²) >= 11 is 11.9. The summed E-state index contributed by atoms with van der Waals surface area (Å²) < 4.78 is 42.6. The number of oxime groups is 1. The van der Waals surface area contributed by atoms with Gasteiger partial charge in [-0.2, -0.15) is 18.4 Å². The highest BCUT2D eigenvalue weighted by molar-refractivity contribution is 6.34. The molecule has 0 bridgehead atoms. The molecule has 1 atom stereocenters. The Hall–Kier alpha value is -2.96. The molecule has 11 heteroatoms. The number of benzene rings is 2. The van der Waals surface area contributed by atoms with Crippen molar-refractivity contribution in [2.75, 3.05) is 6.54 Å². The number of halogens is 5. The molecule has 2 aliphatic heterocycles. The van der Waals surface area contributed by atoms with Crippen LogP contribution in [0.15, 0.2) is 41.6 Å². The van der Waals surface area contributed by atoms with E-state index >= 15 is 0 Å². The van der Waals surface area contributed by atoms with Crippen LogP contribution < -0.4 is 5.32 Å². The number of rotatable bonds is 4. The van der Waals surface area contributed by atoms with Gasteiger partial charge in [0.2, 0.25) is 0 Å². The average molecular weight is 497 g/mol. The summed E-state index contributed by atoms with van der Waals surface area (Å²) in [5.41, 5.74) is -0.824. The molecule has 172 valence electrons. The lowest BCUT2D eigenvalue weighted by atomic mass is 9.89. The fourth-order valence-corrected chi connectivity index (χ4v) is 4.42. The SMILES string of the molecule is N#CCCNC(=O)c1ccc2c(c1)CN(C1=NOC(c3cc(Cl)cc(Cl)c3)(C(F)(F)F)C1)C2. The Kier molecular flexibility index (Phi) is 6.16. The van der Waals surface area contributed by atoms with E-state index in [1.165, 1.54) is 18.2 Å². The van der Waals surface area contributed by atoms with Gasteiger partial charge in [0, 0.05) is 40.8 Å². The molecule has 1 amide bonds. The molecule has 0 aliphatic carbocycles. The van der Waals surface area contributed by atoms with Crippen molar-refractivity contribution in [1.82, 2.24) is 10.2 Å². The molecule has 2 aromatic rings. The number of hydrogen-bond donors (Lipinski definition) is 1. The van der Waals surface area contributed by atoms with Gasteiger partial charge in [0.1, 0.15) is 5.84 Å². The molecule has 33 heavy (non-hydrogen) atoms. The van der Waals surface area contributed by atoms with Crippen LogP contribution in [0.2, 0.25) is 10.0 Å². The molecule has 1 unspecified atom stereocenters. The second-order valence-corrected chi connectivity index (χ2v) is 8.63. The maximum atomic E-state index is 14.2. The molecule has 0 radical (unpaired) electrons. The molecular weight excluding hydrogens is 480 g/mol. The average Bonchev–Trinajstić information content (AvgIpc) is 3.37. The number of nitrogens with zero attached hydrogens (tertiary/aromatic N) is 3. The number of carbonyl (C=O) groups is 1. The smallest absolute Gasteiger partial charge is 0.372 e. The Morgan fingerprint density at radius 2 is 1.88 bits per heavy atom. The number of amidine groups is 1. The van der Waals surface area contributed by atoms with Crippen molar-refractivity contribution < 1.29 is 22.8 Å². The Labute approximate surface area is 197 Å². The second kappa shape index (κ2) is 8.76. The first kappa shape index (κ1) is 23.2. The lowest BCUT2D eigenvalue weighted by Gasteiger charge is -2.30. The maximum absolute atomic E-state index is 14.2. The van der Waals surface area contributed by atoms with E-state index in [4.69, 9.17) is 33.3 Å². The van der Waals surface area contributed by atoms with E-state index in [0.717, 1.165) is 11.1 Å². The highest BCUT2D eigenvalue weighted by Gasteiger charge is 2.63. The van der Waals surface area contributed by atoms with Crippen molar-refractivity contribution in [3.05, 3.63) is 68.7 Å². The molecule has 1 N–H and O–H groups in total. The van der Waals surface area contributed by atoms with Crippen LogP contribution in [0.1, 0.15) is 39.9 Å². The highest BCUT2D eigenvalue weighted by atomic mass is 35.5. The molecular formula is C22H17Cl2F3N4O2. The van der Waals surface area contributed by atoms with Crippen molar-refractivity contribution in [3.8, 4) is 6.07 Å². The molecule has 2 aliphatic rings. The predicted molar refractivity (Wildman–Crippen MR) is 116 cm³/mol. The van der Waals surface area contributed by atoms with Gasteiger partial charge in [0.25, 0.3) is 11.5 Å². The van der Waals surface area contributed by atoms with Gasteiger partial charge in [-0.1, -0.05) is 34.4 Å². The van der Waals surface area contributed by atoms with Gasteiger partial charge < -0.3 is 15.1 Å². The van der Waals surface area contributed by atoms with E-state index in [-0.39, 0.29) is 46.9 Å². The van der Waals surface area contributed by atoms with Crippen molar-refractivity contribution in [1.29, 1.82) is 5.26 Å². The van der Waals surface area contributed by atoms with Crippen molar-refractivity contribution >= 4 is 34.9 Å². The van der Waals surface area contributed by atoms with Crippen LogP contribution in [-0.2, 0) is 23.5 Å². The Balaban J connectivity index is 1.53. The highest BCUT2D eigenvalue weighted by Crippen LogP contribution is 2.49. The monoisotopic (exact) mass is 496 g/mol. The zero-order valence-electron chi connectivity index (χ0n) is 17.0. The van der Waals surface area contributed by atoms with E-state index in [1.807, 2.05) is 6.07 Å². The van der Waals surface area contributed by atoms with Crippen molar-refractivity contribution in [3.63, 3.8) is 0 Å². The molecule has 2 heterocycles. The molecule has 0 saturated carbocycles. The minimum Gasteiger partial charge on any atom is -0.372 e. The topological polar surface area (TPSA) is 77.7 Å². The van der Waals surface area contributed by atoms with Gasteiger partial charge in [-0.05, 0) is 41.5 Å². The Morgan fingerprint density at radius 1 is 1.18 bits per heavy atom. The van der Waals surface area contributed by atoms with Crippen molar-refractivity contribution in [2.24, 2.45) is 5.16 Å². The fourth-order valence-electron chi connectivity index (χ4n) is 3.90. The summed E-state index contributed by atoms with van der Waals surface area (Å²) in [6.45, 7) is 0.846. The summed E-state index contributed by atoms with van der Waals surface area (Å²) in [6, 6.07) is 10.7. The first-order chi connectivity index (χ1) is 15.6. The Morgan fingerprint density at radius 3 is 2.55 bits per heavy atom. The molecule has 0 spiro atoms. The van der Waals surface area contributed by atoms with Gasteiger partial charge in [-0.3, -0.25) is 4.79 Å². The summed E-state index contributed by atoms with van der Waals surface area (Å²) in [7, 11) is 0. The van der Waals surface area contributed by atoms with E-state index in [0.29, 0.717) is 12.1 Å². The predicted octanol–water partition coefficient (Wildman–Crippen LogP) is 5.14. The van der Waals surface area contributed by atoms with Gasteiger partial charge in [-0.15, -0.1) is 0 Å². The number of carbonyl (C=O) groups excluding carboxylic acids is 1. The van der Waals surface area contributed by atoms with Crippen LogP contribution in [0.25, 0.3) is 0 Å². The van der Waals surface area contributed by atoms with Crippen molar-refractivity contribution in [2.45, 2.75) is 37.7 Å². The number of nitriles is 1. The lowest BCUT2D eigenvalue weighted by Crippen LogP contribution is -2.43. The number of nitrogens with one attached hydrogen (secondary N) is 1. The second-order valence-electron chi connectivity index (χ2n) is 7.76. The Bertz CT molecular complexity index is 1160. The molecule has 4 rings (SSSR count). The van der Waals surface area contributed by atoms with Crippen LogP contribution >= 0.6 is 23.2 Å². The minimum absolute atomic E-state index is 0.0623. The van der Waals surface area contributed by atoms with Crippen LogP contribution in [0.4, 0.5) is 13.2 Å². The van der Waals surface area contributed by atoms with E-state index < -0.39 is 18.2 Å². The first-order valence-corrected chi connectivity index (χ1v) is 10.7. The van der Waals surface area contributed by atoms with E-state index in [9.17, 15) is 18.0 Å². The quantitative estimate of drug-likeness (QED) is 0.594. The van der Waals surface area contributed by atoms with Gasteiger partial charge >= 0.3 is 6.18 Å². The molecule has 0 aromatic heterocycles. The fraction of sp³-hybridized carbons (Fsp3) is 0.318. The third-order valence-corrected chi connectivity index (χ3v) is 6.02. The van der Waals surface area contributed by atoms with Crippen LogP contribution in [0.5, 0.6) is 0 Å². The lowest BCUT2D eigenvalue weighted by molar-refractivity contribution is -0.275. The number of alkyl halides is 3. The largest absolute Gasteiger partial charge is 0.435 e. The van der Waals surface area contributed by atoms with Crippen LogP contribution in [0.3, 0.4) is 0 Å². The zero-order valence-corrected chi connectivity index (χ0v) is 18.6. The summed E-state index contributed by atoms with van der Waals surface area (Å²) in [6.07, 6.45) is -5.11. The molecule has 0 fully saturated rings. The first-order valence-electron chi connectivity index (χ1n) is 9.93. The number of hydrogen-bond acceptors (Lipinski definition) is 5. The zero-order chi connectivity index (χ0) is 23.8. The maximum Gasteiger partial charge on any atom is 0.435 e. The number of amides is 1. The molecule has 6 nitrogen and oxygen atoms in total. The van der Waals surface area contributed by atoms with E-state index in [2.05, 4.69) is 10.5 Å². The third-order valence-electron chi connectivity index (χ3n) is 5.58. The van der Waals surface area contributed by atoms with E-state index in [1.54, 1.807) is 23.1 Å². The summed E-state index contributed by atoms with van der Waals surface area (Å²) in [5, 5.41) is 15.1. The normalized spacial score (nSPS) is 19.5. The van der Waals surface area contributed by atoms with Gasteiger partial charge in [0.05, 0.1) is 18.9 Å². The molecule has 0 saturated heterocycles. The summed E-state index contributed by atoms with van der Waals surface area (Å²) in [5.74, 6) is -0.179. The minimum atomic E-state index is -4.77. The standard InChI is InChI=1S/C22H17Cl2F3N4O2/c23-17-7-16(8-18(24)9-17)21(22(25,26)27)10-19(30-33-21)31-11-14-3-2-13(6-15(14)12-31)20(32)29-5-1-4-28/h2-3,6-9H,1,5,10-12H2,(H,29,32). The summed E-state index contributed by atoms with van der Waals surface area (Å²) in [4.78, 5) is 19.0. The van der Waals surface area contributed by atoms with Crippen LogP contribution in [0, 0.1) is 11.3 Å². The molecule has 2 aromatic carbocycles. The van der Waals surface area contributed by atoms with Gasteiger partial charge in [0.15, 0.2) is 0 Å².